The van der Waals surface area contributed by atoms with Crippen molar-refractivity contribution in [2.75, 3.05) is 5.73 Å². The smallest absolute Gasteiger partial charge is 0.187 e. The largest absolute Gasteiger partial charge is 0.399 e. The fraction of sp³-hybridized carbons (Fsp3) is 0.100. The number of anilines is 1. The summed E-state index contributed by atoms with van der Waals surface area (Å²) >= 11 is 1.22. The van der Waals surface area contributed by atoms with E-state index >= 15 is 0 Å². The molecule has 2 rings (SSSR count). The maximum atomic E-state index is 13.5. The molecule has 1 aromatic heterocycles. The lowest BCUT2D eigenvalue weighted by molar-refractivity contribution is 0.567. The van der Waals surface area contributed by atoms with Crippen molar-refractivity contribution in [1.29, 1.82) is 0 Å². The Bertz CT molecular complexity index is 624. The molecule has 0 atom stereocenters. The molecule has 0 fully saturated rings. The number of rotatable bonds is 3. The van der Waals surface area contributed by atoms with Crippen LogP contribution in [0.3, 0.4) is 0 Å². The highest BCUT2D eigenvalue weighted by molar-refractivity contribution is 7.90. The Kier molecular flexibility index (Phi) is 3.12. The molecule has 2 aromatic rings. The molecule has 90 valence electrons. The highest BCUT2D eigenvalue weighted by atomic mass is 32.2. The second-order valence-electron chi connectivity index (χ2n) is 3.37. The van der Waals surface area contributed by atoms with Crippen molar-refractivity contribution in [3.8, 4) is 0 Å². The maximum absolute atomic E-state index is 13.5. The van der Waals surface area contributed by atoms with Gasteiger partial charge in [0.25, 0.3) is 0 Å². The summed E-state index contributed by atoms with van der Waals surface area (Å²) in [5, 5.41) is 2.10. The molecule has 1 heterocycles. The third kappa shape index (κ3) is 2.62. The van der Waals surface area contributed by atoms with E-state index in [1.54, 1.807) is 5.38 Å². The molecule has 17 heavy (non-hydrogen) atoms. The molecule has 0 unspecified atom stereocenters. The summed E-state index contributed by atoms with van der Waals surface area (Å²) in [6, 6.07) is 3.53. The van der Waals surface area contributed by atoms with Gasteiger partial charge in [-0.2, -0.15) is 0 Å². The van der Waals surface area contributed by atoms with Gasteiger partial charge in [0.2, 0.25) is 0 Å². The Hall–Kier alpha value is -1.47. The number of hydrogen-bond donors (Lipinski definition) is 1. The number of halogens is 1. The quantitative estimate of drug-likeness (QED) is 0.865. The van der Waals surface area contributed by atoms with Crippen LogP contribution in [0.4, 0.5) is 10.1 Å². The number of nitrogen functional groups attached to an aromatic ring is 1. The van der Waals surface area contributed by atoms with Crippen molar-refractivity contribution in [1.82, 2.24) is 4.98 Å². The summed E-state index contributed by atoms with van der Waals surface area (Å²) in [7, 11) is -3.71. The zero-order valence-electron chi connectivity index (χ0n) is 8.63. The van der Waals surface area contributed by atoms with Crippen LogP contribution >= 0.6 is 11.3 Å². The first-order chi connectivity index (χ1) is 7.99. The van der Waals surface area contributed by atoms with E-state index in [2.05, 4.69) is 4.98 Å². The van der Waals surface area contributed by atoms with E-state index in [1.165, 1.54) is 29.7 Å². The molecule has 0 aliphatic heterocycles. The van der Waals surface area contributed by atoms with Crippen molar-refractivity contribution in [2.24, 2.45) is 0 Å². The standard InChI is InChI=1S/C10H9FN2O2S2/c11-8-5-7(12)1-2-9(8)17(14,15)6-10-13-3-4-16-10/h1-5H,6,12H2. The van der Waals surface area contributed by atoms with Gasteiger partial charge < -0.3 is 5.73 Å². The topological polar surface area (TPSA) is 73.1 Å². The lowest BCUT2D eigenvalue weighted by Gasteiger charge is -2.04. The average molecular weight is 272 g/mol. The minimum absolute atomic E-state index is 0.190. The van der Waals surface area contributed by atoms with Crippen LogP contribution in [-0.2, 0) is 15.6 Å². The molecule has 2 N–H and O–H groups in total. The van der Waals surface area contributed by atoms with Crippen LogP contribution in [0.2, 0.25) is 0 Å². The zero-order chi connectivity index (χ0) is 12.5. The van der Waals surface area contributed by atoms with Crippen LogP contribution in [0.25, 0.3) is 0 Å². The normalized spacial score (nSPS) is 11.6. The molecule has 0 saturated heterocycles. The van der Waals surface area contributed by atoms with Gasteiger partial charge in [0.1, 0.15) is 21.5 Å². The van der Waals surface area contributed by atoms with Gasteiger partial charge in [0, 0.05) is 17.3 Å². The lowest BCUT2D eigenvalue weighted by atomic mass is 10.3. The number of thiazole rings is 1. The van der Waals surface area contributed by atoms with Crippen molar-refractivity contribution in [3.05, 3.63) is 40.6 Å². The Morgan fingerprint density at radius 2 is 2.18 bits per heavy atom. The van der Waals surface area contributed by atoms with Crippen molar-refractivity contribution in [3.63, 3.8) is 0 Å². The highest BCUT2D eigenvalue weighted by Gasteiger charge is 2.20. The molecule has 0 aliphatic rings. The van der Waals surface area contributed by atoms with Crippen LogP contribution < -0.4 is 5.73 Å². The third-order valence-corrected chi connectivity index (χ3v) is 4.70. The average Bonchev–Trinajstić information content (AvgIpc) is 2.68. The molecule has 1 aromatic carbocycles. The monoisotopic (exact) mass is 272 g/mol. The van der Waals surface area contributed by atoms with Crippen LogP contribution in [-0.4, -0.2) is 13.4 Å². The SMILES string of the molecule is Nc1ccc(S(=O)(=O)Cc2nccs2)c(F)c1. The first-order valence-corrected chi connectivity index (χ1v) is 7.18. The van der Waals surface area contributed by atoms with Gasteiger partial charge in [-0.15, -0.1) is 11.3 Å². The number of nitrogens with two attached hydrogens (primary N) is 1. The maximum Gasteiger partial charge on any atom is 0.187 e. The molecular weight excluding hydrogens is 263 g/mol. The predicted octanol–water partition coefficient (Wildman–Crippen LogP) is 1.84. The van der Waals surface area contributed by atoms with Crippen LogP contribution in [0.5, 0.6) is 0 Å². The van der Waals surface area contributed by atoms with Crippen molar-refractivity contribution in [2.45, 2.75) is 10.6 Å². The summed E-state index contributed by atoms with van der Waals surface area (Å²) in [4.78, 5) is 3.52. The van der Waals surface area contributed by atoms with E-state index in [-0.39, 0.29) is 16.3 Å². The second-order valence-corrected chi connectivity index (χ2v) is 6.31. The first-order valence-electron chi connectivity index (χ1n) is 4.65. The van der Waals surface area contributed by atoms with Gasteiger partial charge >= 0.3 is 0 Å². The molecular formula is C10H9FN2O2S2. The molecule has 0 amide bonds. The lowest BCUT2D eigenvalue weighted by Crippen LogP contribution is -2.07. The van der Waals surface area contributed by atoms with Crippen LogP contribution in [0, 0.1) is 5.82 Å². The van der Waals surface area contributed by atoms with E-state index < -0.39 is 15.7 Å². The Morgan fingerprint density at radius 1 is 1.41 bits per heavy atom. The van der Waals surface area contributed by atoms with Crippen molar-refractivity contribution < 1.29 is 12.8 Å². The van der Waals surface area contributed by atoms with E-state index in [4.69, 9.17) is 5.73 Å². The predicted molar refractivity (Wildman–Crippen MR) is 63.8 cm³/mol. The fourth-order valence-corrected chi connectivity index (χ4v) is 3.66. The van der Waals surface area contributed by atoms with E-state index in [1.807, 2.05) is 0 Å². The number of aromatic nitrogens is 1. The Labute approximate surface area is 102 Å². The number of nitrogens with zero attached hydrogens (tertiary/aromatic N) is 1. The van der Waals surface area contributed by atoms with Gasteiger partial charge in [0.05, 0.1) is 0 Å². The number of sulfone groups is 1. The molecule has 0 spiro atoms. The molecule has 0 saturated carbocycles. The summed E-state index contributed by atoms with van der Waals surface area (Å²) in [6.07, 6.45) is 1.51. The minimum Gasteiger partial charge on any atom is -0.399 e. The zero-order valence-corrected chi connectivity index (χ0v) is 10.3. The Morgan fingerprint density at radius 3 is 2.76 bits per heavy atom. The van der Waals surface area contributed by atoms with Gasteiger partial charge in [0.15, 0.2) is 9.84 Å². The fourth-order valence-electron chi connectivity index (χ4n) is 1.33. The first kappa shape index (κ1) is 12.0. The van der Waals surface area contributed by atoms with E-state index in [0.717, 1.165) is 6.07 Å². The molecule has 7 heteroatoms. The molecule has 0 radical (unpaired) electrons. The van der Waals surface area contributed by atoms with Gasteiger partial charge in [-0.25, -0.2) is 17.8 Å². The summed E-state index contributed by atoms with van der Waals surface area (Å²) in [5.41, 5.74) is 5.55. The van der Waals surface area contributed by atoms with Crippen molar-refractivity contribution >= 4 is 26.9 Å². The second kappa shape index (κ2) is 4.42. The van der Waals surface area contributed by atoms with Gasteiger partial charge in [-0.05, 0) is 18.2 Å². The van der Waals surface area contributed by atoms with Crippen LogP contribution in [0.15, 0.2) is 34.7 Å². The van der Waals surface area contributed by atoms with Crippen LogP contribution in [0.1, 0.15) is 5.01 Å². The number of benzene rings is 1. The summed E-state index contributed by atoms with van der Waals surface area (Å²) in [6.45, 7) is 0. The highest BCUT2D eigenvalue weighted by Crippen LogP contribution is 2.22. The van der Waals surface area contributed by atoms with E-state index in [0.29, 0.717) is 5.01 Å². The number of hydrogen-bond acceptors (Lipinski definition) is 5. The van der Waals surface area contributed by atoms with E-state index in [9.17, 15) is 12.8 Å². The summed E-state index contributed by atoms with van der Waals surface area (Å²) in [5.74, 6) is -1.13. The van der Waals surface area contributed by atoms with Gasteiger partial charge in [-0.3, -0.25) is 0 Å². The summed E-state index contributed by atoms with van der Waals surface area (Å²) < 4.78 is 37.3. The van der Waals surface area contributed by atoms with Gasteiger partial charge in [-0.1, -0.05) is 0 Å². The minimum atomic E-state index is -3.71. The molecule has 0 bridgehead atoms. The molecule has 0 aliphatic carbocycles. The third-order valence-electron chi connectivity index (χ3n) is 2.09. The molecule has 4 nitrogen and oxygen atoms in total. The Balaban J connectivity index is 2.38.